The van der Waals surface area contributed by atoms with Crippen LogP contribution >= 0.6 is 0 Å². The van der Waals surface area contributed by atoms with Crippen molar-refractivity contribution in [1.82, 2.24) is 0 Å². The van der Waals surface area contributed by atoms with E-state index in [1.807, 2.05) is 0 Å². The molecule has 6 heteroatoms. The van der Waals surface area contributed by atoms with Crippen LogP contribution in [0, 0.1) is 0 Å². The van der Waals surface area contributed by atoms with Crippen LogP contribution in [-0.4, -0.2) is 24.1 Å². The second-order valence-corrected chi connectivity index (χ2v) is 3.65. The maximum Gasteiger partial charge on any atom is 0.335 e. The summed E-state index contributed by atoms with van der Waals surface area (Å²) < 4.78 is 10.0. The van der Waals surface area contributed by atoms with Crippen LogP contribution in [0.1, 0.15) is 20.9 Å². The first-order valence-electron chi connectivity index (χ1n) is 5.38. The normalized spacial score (nSPS) is 9.95. The molecule has 98 valence electrons. The summed E-state index contributed by atoms with van der Waals surface area (Å²) in [6.45, 7) is 0. The number of carboxylic acids is 1. The topological polar surface area (TPSA) is 88.8 Å². The fourth-order valence-electron chi connectivity index (χ4n) is 1.52. The predicted octanol–water partition coefficient (Wildman–Crippen LogP) is 2.24. The number of hydrogen-bond acceptors (Lipinski definition) is 4. The van der Waals surface area contributed by atoms with E-state index in [-0.39, 0.29) is 17.1 Å². The van der Waals surface area contributed by atoms with Gasteiger partial charge in [-0.25, -0.2) is 4.79 Å². The van der Waals surface area contributed by atoms with E-state index in [1.165, 1.54) is 37.6 Å². The number of carbonyl (C=O) groups is 2. The Morgan fingerprint density at radius 2 is 2.11 bits per heavy atom. The highest BCUT2D eigenvalue weighted by Gasteiger charge is 2.13. The van der Waals surface area contributed by atoms with Gasteiger partial charge in [0.05, 0.1) is 24.6 Å². The lowest BCUT2D eigenvalue weighted by atomic mass is 10.2. The van der Waals surface area contributed by atoms with E-state index in [0.717, 1.165) is 0 Å². The first kappa shape index (κ1) is 12.7. The molecule has 2 N–H and O–H groups in total. The largest absolute Gasteiger partial charge is 0.495 e. The molecule has 2 rings (SSSR count). The molecule has 0 bridgehead atoms. The summed E-state index contributed by atoms with van der Waals surface area (Å²) in [5, 5.41) is 11.4. The minimum absolute atomic E-state index is 0.0767. The molecule has 1 aromatic carbocycles. The van der Waals surface area contributed by atoms with Crippen molar-refractivity contribution in [3.8, 4) is 5.75 Å². The second kappa shape index (κ2) is 5.26. The average Bonchev–Trinajstić information content (AvgIpc) is 2.92. The van der Waals surface area contributed by atoms with Gasteiger partial charge in [-0.1, -0.05) is 0 Å². The van der Waals surface area contributed by atoms with E-state index in [9.17, 15) is 9.59 Å². The van der Waals surface area contributed by atoms with Gasteiger partial charge >= 0.3 is 5.97 Å². The number of carbonyl (C=O) groups excluding carboxylic acids is 1. The number of rotatable bonds is 4. The van der Waals surface area contributed by atoms with Crippen molar-refractivity contribution in [2.45, 2.75) is 0 Å². The molecule has 6 nitrogen and oxygen atoms in total. The lowest BCUT2D eigenvalue weighted by molar-refractivity contribution is 0.0696. The van der Waals surface area contributed by atoms with Crippen molar-refractivity contribution in [2.24, 2.45) is 0 Å². The van der Waals surface area contributed by atoms with Crippen LogP contribution in [0.3, 0.4) is 0 Å². The number of benzene rings is 1. The van der Waals surface area contributed by atoms with Crippen LogP contribution in [0.4, 0.5) is 5.69 Å². The molecule has 0 saturated carbocycles. The fourth-order valence-corrected chi connectivity index (χ4v) is 1.52. The Balaban J connectivity index is 2.25. The lowest BCUT2D eigenvalue weighted by Gasteiger charge is -2.09. The van der Waals surface area contributed by atoms with Gasteiger partial charge in [-0.2, -0.15) is 0 Å². The lowest BCUT2D eigenvalue weighted by Crippen LogP contribution is -2.12. The minimum Gasteiger partial charge on any atom is -0.495 e. The molecular weight excluding hydrogens is 250 g/mol. The van der Waals surface area contributed by atoms with Gasteiger partial charge in [-0.05, 0) is 30.3 Å². The van der Waals surface area contributed by atoms with Crippen molar-refractivity contribution in [1.29, 1.82) is 0 Å². The zero-order valence-electron chi connectivity index (χ0n) is 10.0. The maximum atomic E-state index is 11.8. The molecular formula is C13H11NO5. The number of nitrogens with one attached hydrogen (secondary N) is 1. The smallest absolute Gasteiger partial charge is 0.335 e. The molecule has 0 radical (unpaired) electrons. The fraction of sp³-hybridized carbons (Fsp3) is 0.0769. The van der Waals surface area contributed by atoms with Gasteiger partial charge in [0.2, 0.25) is 0 Å². The molecule has 1 amide bonds. The summed E-state index contributed by atoms with van der Waals surface area (Å²) in [4.78, 5) is 22.6. The monoisotopic (exact) mass is 261 g/mol. The van der Waals surface area contributed by atoms with E-state index in [0.29, 0.717) is 5.69 Å². The maximum absolute atomic E-state index is 11.8. The SMILES string of the molecule is COc1cc(C(=O)O)ccc1NC(=O)c1ccco1. The van der Waals surface area contributed by atoms with E-state index in [2.05, 4.69) is 5.32 Å². The Kier molecular flexibility index (Phi) is 3.51. The predicted molar refractivity (Wildman–Crippen MR) is 66.6 cm³/mol. The molecule has 0 unspecified atom stereocenters. The Morgan fingerprint density at radius 3 is 2.68 bits per heavy atom. The van der Waals surface area contributed by atoms with E-state index in [1.54, 1.807) is 6.07 Å². The molecule has 0 saturated heterocycles. The van der Waals surface area contributed by atoms with Gasteiger partial charge in [0.1, 0.15) is 5.75 Å². The number of amides is 1. The van der Waals surface area contributed by atoms with E-state index >= 15 is 0 Å². The summed E-state index contributed by atoms with van der Waals surface area (Å²) in [5.41, 5.74) is 0.446. The molecule has 0 spiro atoms. The number of ether oxygens (including phenoxy) is 1. The summed E-state index contributed by atoms with van der Waals surface area (Å²) in [7, 11) is 1.39. The van der Waals surface area contributed by atoms with Crippen LogP contribution in [-0.2, 0) is 0 Å². The highest BCUT2D eigenvalue weighted by molar-refractivity contribution is 6.03. The Morgan fingerprint density at radius 1 is 1.32 bits per heavy atom. The van der Waals surface area contributed by atoms with Crippen molar-refractivity contribution < 1.29 is 23.8 Å². The van der Waals surface area contributed by atoms with Crippen LogP contribution in [0.2, 0.25) is 0 Å². The Bertz CT molecular complexity index is 604. The first-order chi connectivity index (χ1) is 9.11. The van der Waals surface area contributed by atoms with Crippen LogP contribution in [0.5, 0.6) is 5.75 Å². The number of carboxylic acid groups (broad SMARTS) is 1. The van der Waals surface area contributed by atoms with E-state index < -0.39 is 11.9 Å². The molecule has 0 aliphatic rings. The zero-order chi connectivity index (χ0) is 13.8. The summed E-state index contributed by atoms with van der Waals surface area (Å²) in [6.07, 6.45) is 1.39. The quantitative estimate of drug-likeness (QED) is 0.881. The van der Waals surface area contributed by atoms with E-state index in [4.69, 9.17) is 14.3 Å². The third kappa shape index (κ3) is 2.74. The standard InChI is InChI=1S/C13H11NO5/c1-18-11-7-8(13(16)17)4-5-9(11)14-12(15)10-3-2-6-19-10/h2-7H,1H3,(H,14,15)(H,16,17). The van der Waals surface area contributed by atoms with Crippen molar-refractivity contribution in [3.05, 3.63) is 47.9 Å². The molecule has 0 aliphatic heterocycles. The van der Waals surface area contributed by atoms with Crippen molar-refractivity contribution in [2.75, 3.05) is 12.4 Å². The van der Waals surface area contributed by atoms with Gasteiger partial charge < -0.3 is 19.6 Å². The third-order valence-electron chi connectivity index (χ3n) is 2.44. The molecule has 0 aliphatic carbocycles. The molecule has 1 heterocycles. The minimum atomic E-state index is -1.07. The van der Waals surface area contributed by atoms with Crippen LogP contribution < -0.4 is 10.1 Å². The Labute approximate surface area is 108 Å². The molecule has 2 aromatic rings. The van der Waals surface area contributed by atoms with Gasteiger partial charge in [-0.3, -0.25) is 4.79 Å². The number of furan rings is 1. The molecule has 0 atom stereocenters. The highest BCUT2D eigenvalue weighted by Crippen LogP contribution is 2.26. The first-order valence-corrected chi connectivity index (χ1v) is 5.38. The zero-order valence-corrected chi connectivity index (χ0v) is 10.0. The van der Waals surface area contributed by atoms with Crippen molar-refractivity contribution in [3.63, 3.8) is 0 Å². The summed E-state index contributed by atoms with van der Waals surface area (Å²) in [6, 6.07) is 7.29. The highest BCUT2D eigenvalue weighted by atomic mass is 16.5. The molecule has 1 aromatic heterocycles. The van der Waals surface area contributed by atoms with Crippen LogP contribution in [0.15, 0.2) is 41.0 Å². The second-order valence-electron chi connectivity index (χ2n) is 3.65. The van der Waals surface area contributed by atoms with Gasteiger partial charge in [0.25, 0.3) is 5.91 Å². The summed E-state index contributed by atoms with van der Waals surface area (Å²) in [5.74, 6) is -1.09. The third-order valence-corrected chi connectivity index (χ3v) is 2.44. The molecule has 0 fully saturated rings. The van der Waals surface area contributed by atoms with Gasteiger partial charge in [0.15, 0.2) is 5.76 Å². The van der Waals surface area contributed by atoms with Gasteiger partial charge in [-0.15, -0.1) is 0 Å². The number of methoxy groups -OCH3 is 1. The van der Waals surface area contributed by atoms with Crippen LogP contribution in [0.25, 0.3) is 0 Å². The molecule has 19 heavy (non-hydrogen) atoms. The number of anilines is 1. The summed E-state index contributed by atoms with van der Waals surface area (Å²) >= 11 is 0. The van der Waals surface area contributed by atoms with Crippen molar-refractivity contribution >= 4 is 17.6 Å². The average molecular weight is 261 g/mol. The Hall–Kier alpha value is -2.76. The number of aromatic carboxylic acids is 1. The number of hydrogen-bond donors (Lipinski definition) is 2. The van der Waals surface area contributed by atoms with Gasteiger partial charge in [0, 0.05) is 0 Å².